The molecular weight excluding hydrogens is 535 g/mol. The van der Waals surface area contributed by atoms with Crippen molar-refractivity contribution < 1.29 is 0 Å². The summed E-state index contributed by atoms with van der Waals surface area (Å²) in [5, 5.41) is 7.09. The van der Waals surface area contributed by atoms with Crippen molar-refractivity contribution in [2.45, 2.75) is 55.5 Å². The molecule has 0 amide bonds. The molecule has 0 atom stereocenters. The fraction of sp³-hybridized carbons (Fsp3) is 0.650. The molecular formula is C20H32BrIN4S. The van der Waals surface area contributed by atoms with E-state index in [4.69, 9.17) is 0 Å². The summed E-state index contributed by atoms with van der Waals surface area (Å²) in [5.41, 5.74) is 0. The number of hydrogen-bond acceptors (Lipinski definition) is 3. The molecule has 27 heavy (non-hydrogen) atoms. The fourth-order valence-corrected chi connectivity index (χ4v) is 4.99. The van der Waals surface area contributed by atoms with Crippen molar-refractivity contribution in [3.8, 4) is 0 Å². The van der Waals surface area contributed by atoms with Crippen molar-refractivity contribution in [3.63, 3.8) is 0 Å². The van der Waals surface area contributed by atoms with Crippen molar-refractivity contribution in [2.75, 3.05) is 32.4 Å². The van der Waals surface area contributed by atoms with Gasteiger partial charge in [-0.3, -0.25) is 4.99 Å². The minimum Gasteiger partial charge on any atom is -0.356 e. The molecule has 1 heterocycles. The summed E-state index contributed by atoms with van der Waals surface area (Å²) in [6.45, 7) is 3.47. The number of thioether (sulfide) groups is 1. The number of likely N-dealkylation sites (tertiary alicyclic amines) is 1. The summed E-state index contributed by atoms with van der Waals surface area (Å²) in [6, 6.07) is 9.92. The standard InChI is InChI=1S/C20H31BrN4S.HI/c1-22-20(24-16-10-13-25(14-11-16)17-8-9-17)23-12-4-5-15-26-19-7-3-2-6-18(19)21;/h2-3,6-7,16-17H,4-5,8-15H2,1H3,(H2,22,23,24);1H. The molecule has 1 saturated heterocycles. The van der Waals surface area contributed by atoms with E-state index in [1.807, 2.05) is 18.8 Å². The molecule has 0 bridgehead atoms. The molecule has 2 aliphatic rings. The Hall–Kier alpha value is 0.01000. The summed E-state index contributed by atoms with van der Waals surface area (Å²) in [6.07, 6.45) is 7.68. The van der Waals surface area contributed by atoms with Crippen LogP contribution < -0.4 is 10.6 Å². The molecule has 4 nitrogen and oxygen atoms in total. The van der Waals surface area contributed by atoms with E-state index < -0.39 is 0 Å². The number of piperidine rings is 1. The maximum absolute atomic E-state index is 4.40. The summed E-state index contributed by atoms with van der Waals surface area (Å²) >= 11 is 5.53. The smallest absolute Gasteiger partial charge is 0.191 e. The summed E-state index contributed by atoms with van der Waals surface area (Å²) in [4.78, 5) is 8.39. The molecule has 1 aromatic rings. The number of halogens is 2. The molecule has 1 aliphatic heterocycles. The third kappa shape index (κ3) is 8.11. The van der Waals surface area contributed by atoms with Crippen LogP contribution in [0.25, 0.3) is 0 Å². The number of hydrogen-bond donors (Lipinski definition) is 2. The Morgan fingerprint density at radius 1 is 1.19 bits per heavy atom. The molecule has 0 spiro atoms. The third-order valence-corrected chi connectivity index (χ3v) is 7.23. The largest absolute Gasteiger partial charge is 0.356 e. The monoisotopic (exact) mass is 566 g/mol. The molecule has 0 radical (unpaired) electrons. The zero-order valence-electron chi connectivity index (χ0n) is 16.1. The lowest BCUT2D eigenvalue weighted by molar-refractivity contribution is 0.197. The van der Waals surface area contributed by atoms with Gasteiger partial charge in [0, 0.05) is 48.1 Å². The molecule has 152 valence electrons. The van der Waals surface area contributed by atoms with Gasteiger partial charge in [0.15, 0.2) is 5.96 Å². The van der Waals surface area contributed by atoms with Crippen molar-refractivity contribution in [2.24, 2.45) is 4.99 Å². The van der Waals surface area contributed by atoms with E-state index in [9.17, 15) is 0 Å². The quantitative estimate of drug-likeness (QED) is 0.157. The minimum absolute atomic E-state index is 0. The lowest BCUT2D eigenvalue weighted by atomic mass is 10.1. The lowest BCUT2D eigenvalue weighted by Gasteiger charge is -2.33. The Bertz CT molecular complexity index is 589. The van der Waals surface area contributed by atoms with E-state index >= 15 is 0 Å². The Labute approximate surface area is 193 Å². The zero-order valence-corrected chi connectivity index (χ0v) is 20.9. The Morgan fingerprint density at radius 2 is 1.93 bits per heavy atom. The highest BCUT2D eigenvalue weighted by Crippen LogP contribution is 2.29. The van der Waals surface area contributed by atoms with Gasteiger partial charge >= 0.3 is 0 Å². The predicted molar refractivity (Wildman–Crippen MR) is 132 cm³/mol. The van der Waals surface area contributed by atoms with Gasteiger partial charge in [0.25, 0.3) is 0 Å². The Kier molecular flexibility index (Phi) is 10.8. The number of benzene rings is 1. The van der Waals surface area contributed by atoms with Crippen LogP contribution in [0.1, 0.15) is 38.5 Å². The third-order valence-electron chi connectivity index (χ3n) is 5.12. The maximum atomic E-state index is 4.40. The summed E-state index contributed by atoms with van der Waals surface area (Å²) < 4.78 is 1.19. The number of rotatable bonds is 8. The van der Waals surface area contributed by atoms with Gasteiger partial charge in [-0.2, -0.15) is 0 Å². The first kappa shape index (κ1) is 23.3. The van der Waals surface area contributed by atoms with Crippen LogP contribution in [-0.2, 0) is 0 Å². The van der Waals surface area contributed by atoms with E-state index in [0.29, 0.717) is 6.04 Å². The van der Waals surface area contributed by atoms with Crippen molar-refractivity contribution in [1.29, 1.82) is 0 Å². The van der Waals surface area contributed by atoms with Gasteiger partial charge in [-0.1, -0.05) is 12.1 Å². The number of nitrogens with one attached hydrogen (secondary N) is 2. The Balaban J connectivity index is 0.00000261. The van der Waals surface area contributed by atoms with Crippen LogP contribution in [0.3, 0.4) is 0 Å². The first-order chi connectivity index (χ1) is 12.8. The van der Waals surface area contributed by atoms with Crippen LogP contribution in [0, 0.1) is 0 Å². The lowest BCUT2D eigenvalue weighted by Crippen LogP contribution is -2.49. The highest BCUT2D eigenvalue weighted by Gasteiger charge is 2.31. The van der Waals surface area contributed by atoms with Gasteiger partial charge in [-0.15, -0.1) is 35.7 Å². The zero-order chi connectivity index (χ0) is 18.2. The summed E-state index contributed by atoms with van der Waals surface area (Å²) in [5.74, 6) is 2.11. The fourth-order valence-electron chi connectivity index (χ4n) is 3.41. The van der Waals surface area contributed by atoms with E-state index in [0.717, 1.165) is 30.7 Å². The van der Waals surface area contributed by atoms with Crippen LogP contribution >= 0.6 is 51.7 Å². The topological polar surface area (TPSA) is 39.7 Å². The molecule has 1 saturated carbocycles. The predicted octanol–water partition coefficient (Wildman–Crippen LogP) is 4.73. The van der Waals surface area contributed by atoms with E-state index in [1.54, 1.807) is 0 Å². The average Bonchev–Trinajstić information content (AvgIpc) is 3.50. The molecule has 0 unspecified atom stereocenters. The van der Waals surface area contributed by atoms with E-state index in [2.05, 4.69) is 60.7 Å². The van der Waals surface area contributed by atoms with Crippen molar-refractivity contribution >= 4 is 57.6 Å². The highest BCUT2D eigenvalue weighted by atomic mass is 127. The minimum atomic E-state index is 0. The van der Waals surface area contributed by atoms with Crippen LogP contribution in [0.15, 0.2) is 38.6 Å². The van der Waals surface area contributed by atoms with Crippen LogP contribution in [0.2, 0.25) is 0 Å². The maximum Gasteiger partial charge on any atom is 0.191 e. The molecule has 1 aromatic carbocycles. The number of nitrogens with zero attached hydrogens (tertiary/aromatic N) is 2. The second kappa shape index (κ2) is 12.5. The van der Waals surface area contributed by atoms with Gasteiger partial charge in [0.05, 0.1) is 0 Å². The van der Waals surface area contributed by atoms with Gasteiger partial charge in [0.2, 0.25) is 0 Å². The number of unbranched alkanes of at least 4 members (excludes halogenated alkanes) is 1. The second-order valence-corrected chi connectivity index (χ2v) is 9.16. The van der Waals surface area contributed by atoms with Gasteiger partial charge in [0.1, 0.15) is 0 Å². The molecule has 3 rings (SSSR count). The molecule has 1 aliphatic carbocycles. The van der Waals surface area contributed by atoms with Crippen LogP contribution in [0.4, 0.5) is 0 Å². The van der Waals surface area contributed by atoms with E-state index in [1.165, 1.54) is 54.6 Å². The second-order valence-electron chi connectivity index (χ2n) is 7.17. The van der Waals surface area contributed by atoms with Gasteiger partial charge in [-0.25, -0.2) is 0 Å². The molecule has 2 N–H and O–H groups in total. The molecule has 7 heteroatoms. The van der Waals surface area contributed by atoms with Crippen molar-refractivity contribution in [3.05, 3.63) is 28.7 Å². The SMILES string of the molecule is CN=C(NCCCCSc1ccccc1Br)NC1CCN(C2CC2)CC1.I. The molecule has 2 fully saturated rings. The average molecular weight is 567 g/mol. The van der Waals surface area contributed by atoms with Gasteiger partial charge in [-0.05, 0) is 72.3 Å². The number of aliphatic imine (C=N–C) groups is 1. The van der Waals surface area contributed by atoms with Crippen molar-refractivity contribution in [1.82, 2.24) is 15.5 Å². The highest BCUT2D eigenvalue weighted by molar-refractivity contribution is 14.0. The summed E-state index contributed by atoms with van der Waals surface area (Å²) in [7, 11) is 1.87. The number of guanidine groups is 1. The van der Waals surface area contributed by atoms with Gasteiger partial charge < -0.3 is 15.5 Å². The van der Waals surface area contributed by atoms with Crippen LogP contribution in [0.5, 0.6) is 0 Å². The first-order valence-corrected chi connectivity index (χ1v) is 11.6. The first-order valence-electron chi connectivity index (χ1n) is 9.85. The molecule has 0 aromatic heterocycles. The normalized spacial score (nSPS) is 18.8. The Morgan fingerprint density at radius 3 is 2.59 bits per heavy atom. The van der Waals surface area contributed by atoms with E-state index in [-0.39, 0.29) is 24.0 Å². The van der Waals surface area contributed by atoms with Crippen LogP contribution in [-0.4, -0.2) is 55.4 Å².